The van der Waals surface area contributed by atoms with Gasteiger partial charge in [0.15, 0.2) is 9.84 Å². The molecule has 0 amide bonds. The minimum atomic E-state index is -3.18. The molecule has 1 fully saturated rings. The number of β-amino-alcohol motifs (C(OH)–C–C–N with tert-alkyl or cyclic N) is 1. The van der Waals surface area contributed by atoms with Crippen LogP contribution in [0.5, 0.6) is 0 Å². The zero-order valence-corrected chi connectivity index (χ0v) is 13.6. The van der Waals surface area contributed by atoms with Crippen LogP contribution in [-0.2, 0) is 9.84 Å². The molecule has 1 aromatic carbocycles. The highest BCUT2D eigenvalue weighted by atomic mass is 32.2. The molecule has 0 bridgehead atoms. The Labute approximate surface area is 127 Å². The van der Waals surface area contributed by atoms with Crippen molar-refractivity contribution in [1.29, 1.82) is 0 Å². The summed E-state index contributed by atoms with van der Waals surface area (Å²) in [6.45, 7) is 4.96. The zero-order chi connectivity index (χ0) is 15.5. The van der Waals surface area contributed by atoms with Gasteiger partial charge in [-0.05, 0) is 56.0 Å². The summed E-state index contributed by atoms with van der Waals surface area (Å²) >= 11 is 0. The molecule has 2 rings (SSSR count). The number of nitrogens with zero attached hydrogens (tertiary/aromatic N) is 1. The number of likely N-dealkylation sites (tertiary alicyclic amines) is 1. The summed E-state index contributed by atoms with van der Waals surface area (Å²) in [6.07, 6.45) is 4.25. The summed E-state index contributed by atoms with van der Waals surface area (Å²) in [4.78, 5) is 2.60. The topological polar surface area (TPSA) is 57.6 Å². The van der Waals surface area contributed by atoms with Gasteiger partial charge in [-0.25, -0.2) is 8.42 Å². The third kappa shape index (κ3) is 4.80. The fourth-order valence-corrected chi connectivity index (χ4v) is 3.42. The van der Waals surface area contributed by atoms with Crippen molar-refractivity contribution in [3.63, 3.8) is 0 Å². The first-order valence-electron chi connectivity index (χ1n) is 7.56. The van der Waals surface area contributed by atoms with E-state index in [4.69, 9.17) is 0 Å². The van der Waals surface area contributed by atoms with Gasteiger partial charge in [0.25, 0.3) is 0 Å². The summed E-state index contributed by atoms with van der Waals surface area (Å²) in [5.41, 5.74) is 0.777. The Morgan fingerprint density at radius 2 is 1.90 bits per heavy atom. The number of rotatable bonds is 4. The Morgan fingerprint density at radius 1 is 1.24 bits per heavy atom. The molecule has 1 saturated heterocycles. The number of hydrogen-bond donors (Lipinski definition) is 1. The molecule has 1 heterocycles. The lowest BCUT2D eigenvalue weighted by Gasteiger charge is -2.23. The van der Waals surface area contributed by atoms with E-state index in [1.165, 1.54) is 25.5 Å². The zero-order valence-electron chi connectivity index (χ0n) is 12.8. The lowest BCUT2D eigenvalue weighted by molar-refractivity contribution is 0.114. The Morgan fingerprint density at radius 3 is 2.52 bits per heavy atom. The van der Waals surface area contributed by atoms with Crippen molar-refractivity contribution in [2.75, 3.05) is 25.9 Å². The van der Waals surface area contributed by atoms with Gasteiger partial charge in [-0.1, -0.05) is 19.1 Å². The fraction of sp³-hybridized carbons (Fsp3) is 0.625. The first-order valence-corrected chi connectivity index (χ1v) is 9.46. The predicted molar refractivity (Wildman–Crippen MR) is 84.0 cm³/mol. The van der Waals surface area contributed by atoms with E-state index in [0.717, 1.165) is 24.6 Å². The second-order valence-corrected chi connectivity index (χ2v) is 8.21. The van der Waals surface area contributed by atoms with E-state index in [1.807, 2.05) is 0 Å². The molecule has 5 heteroatoms. The minimum absolute atomic E-state index is 0.294. The molecule has 21 heavy (non-hydrogen) atoms. The lowest BCUT2D eigenvalue weighted by Crippen LogP contribution is -2.29. The lowest BCUT2D eigenvalue weighted by atomic mass is 10.0. The van der Waals surface area contributed by atoms with Crippen LogP contribution in [0.15, 0.2) is 29.2 Å². The Kier molecular flexibility index (Phi) is 5.41. The van der Waals surface area contributed by atoms with Gasteiger partial charge in [0, 0.05) is 12.8 Å². The van der Waals surface area contributed by atoms with Crippen LogP contribution < -0.4 is 0 Å². The smallest absolute Gasteiger partial charge is 0.175 e. The molecule has 2 atom stereocenters. The summed E-state index contributed by atoms with van der Waals surface area (Å²) in [6, 6.07) is 6.56. The second-order valence-electron chi connectivity index (χ2n) is 6.19. The third-order valence-corrected chi connectivity index (χ3v) is 5.36. The molecule has 0 aliphatic carbocycles. The number of benzene rings is 1. The highest BCUT2D eigenvalue weighted by molar-refractivity contribution is 7.90. The summed E-state index contributed by atoms with van der Waals surface area (Å²) < 4.78 is 22.9. The van der Waals surface area contributed by atoms with Gasteiger partial charge >= 0.3 is 0 Å². The van der Waals surface area contributed by atoms with Crippen LogP contribution in [0.1, 0.15) is 37.9 Å². The molecular weight excluding hydrogens is 286 g/mol. The van der Waals surface area contributed by atoms with Gasteiger partial charge < -0.3 is 10.0 Å². The number of aliphatic hydroxyl groups excluding tert-OH is 1. The molecular formula is C16H25NO3S. The van der Waals surface area contributed by atoms with Crippen LogP contribution in [0.3, 0.4) is 0 Å². The van der Waals surface area contributed by atoms with Crippen molar-refractivity contribution in [2.24, 2.45) is 5.92 Å². The Balaban J connectivity index is 1.98. The monoisotopic (exact) mass is 311 g/mol. The van der Waals surface area contributed by atoms with Crippen molar-refractivity contribution in [1.82, 2.24) is 4.90 Å². The highest BCUT2D eigenvalue weighted by Gasteiger charge is 2.18. The summed E-state index contributed by atoms with van der Waals surface area (Å²) in [5.74, 6) is 0.765. The summed E-state index contributed by atoms with van der Waals surface area (Å²) in [5, 5.41) is 10.3. The predicted octanol–water partition coefficient (Wildman–Crippen LogP) is 2.25. The Bertz CT molecular complexity index is 553. The quantitative estimate of drug-likeness (QED) is 0.926. The van der Waals surface area contributed by atoms with E-state index in [-0.39, 0.29) is 0 Å². The van der Waals surface area contributed by atoms with E-state index in [0.29, 0.717) is 11.4 Å². The first kappa shape index (κ1) is 16.5. The van der Waals surface area contributed by atoms with Crippen LogP contribution in [-0.4, -0.2) is 44.3 Å². The van der Waals surface area contributed by atoms with Crippen LogP contribution >= 0.6 is 0 Å². The Hall–Kier alpha value is -0.910. The van der Waals surface area contributed by atoms with E-state index in [9.17, 15) is 13.5 Å². The number of aliphatic hydroxyl groups is 1. The van der Waals surface area contributed by atoms with Crippen LogP contribution in [0, 0.1) is 5.92 Å². The number of sulfone groups is 1. The molecule has 2 unspecified atom stereocenters. The average Bonchev–Trinajstić information content (AvgIpc) is 2.63. The maximum absolute atomic E-state index is 11.4. The van der Waals surface area contributed by atoms with Crippen molar-refractivity contribution < 1.29 is 13.5 Å². The molecule has 0 radical (unpaired) electrons. The molecule has 1 N–H and O–H groups in total. The summed E-state index contributed by atoms with van der Waals surface area (Å²) in [7, 11) is -3.18. The minimum Gasteiger partial charge on any atom is -0.387 e. The van der Waals surface area contributed by atoms with E-state index < -0.39 is 15.9 Å². The average molecular weight is 311 g/mol. The molecule has 0 spiro atoms. The molecule has 1 aliphatic rings. The number of hydrogen-bond acceptors (Lipinski definition) is 4. The van der Waals surface area contributed by atoms with Crippen molar-refractivity contribution in [2.45, 2.75) is 37.2 Å². The van der Waals surface area contributed by atoms with Gasteiger partial charge in [0.05, 0.1) is 11.0 Å². The van der Waals surface area contributed by atoms with Crippen molar-refractivity contribution in [3.05, 3.63) is 29.8 Å². The standard InChI is InChI=1S/C16H25NO3S/c1-13-4-3-10-17(11-9-13)12-16(18)14-5-7-15(8-6-14)21(2,19)20/h5-8,13,16,18H,3-4,9-12H2,1-2H3. The highest BCUT2D eigenvalue weighted by Crippen LogP contribution is 2.21. The van der Waals surface area contributed by atoms with Gasteiger partial charge in [-0.3, -0.25) is 0 Å². The van der Waals surface area contributed by atoms with E-state index >= 15 is 0 Å². The van der Waals surface area contributed by atoms with Crippen LogP contribution in [0.25, 0.3) is 0 Å². The van der Waals surface area contributed by atoms with E-state index in [2.05, 4.69) is 11.8 Å². The SMILES string of the molecule is CC1CCCN(CC(O)c2ccc(S(C)(=O)=O)cc2)CC1. The van der Waals surface area contributed by atoms with Crippen LogP contribution in [0.4, 0.5) is 0 Å². The van der Waals surface area contributed by atoms with Gasteiger partial charge in [0.2, 0.25) is 0 Å². The maximum Gasteiger partial charge on any atom is 0.175 e. The van der Waals surface area contributed by atoms with Crippen molar-refractivity contribution >= 4 is 9.84 Å². The maximum atomic E-state index is 11.4. The second kappa shape index (κ2) is 6.90. The molecule has 1 aliphatic heterocycles. The van der Waals surface area contributed by atoms with E-state index in [1.54, 1.807) is 24.3 Å². The van der Waals surface area contributed by atoms with Gasteiger partial charge in [-0.2, -0.15) is 0 Å². The molecule has 4 nitrogen and oxygen atoms in total. The van der Waals surface area contributed by atoms with Gasteiger partial charge in [-0.15, -0.1) is 0 Å². The normalized spacial score (nSPS) is 22.7. The molecule has 0 aromatic heterocycles. The molecule has 0 saturated carbocycles. The fourth-order valence-electron chi connectivity index (χ4n) is 2.79. The molecule has 1 aromatic rings. The van der Waals surface area contributed by atoms with Gasteiger partial charge in [0.1, 0.15) is 0 Å². The van der Waals surface area contributed by atoms with Crippen molar-refractivity contribution in [3.8, 4) is 0 Å². The molecule has 118 valence electrons. The largest absolute Gasteiger partial charge is 0.387 e. The van der Waals surface area contributed by atoms with Crippen LogP contribution in [0.2, 0.25) is 0 Å². The third-order valence-electron chi connectivity index (χ3n) is 4.23. The first-order chi connectivity index (χ1) is 9.86.